The average molecular weight is 349 g/mol. The number of nitrogens with one attached hydrogen (secondary N) is 1. The average Bonchev–Trinajstić information content (AvgIpc) is 2.65. The predicted molar refractivity (Wildman–Crippen MR) is 88.5 cm³/mol. The second-order valence-electron chi connectivity index (χ2n) is 5.52. The number of nitrogens with zero attached hydrogens (tertiary/aromatic N) is 2. The largest absolute Gasteiger partial charge is 0.465 e. The zero-order chi connectivity index (χ0) is 18.1. The van der Waals surface area contributed by atoms with Crippen molar-refractivity contribution >= 4 is 17.8 Å². The maximum Gasteiger partial charge on any atom is 0.325 e. The lowest BCUT2D eigenvalue weighted by Gasteiger charge is -2.34. The van der Waals surface area contributed by atoms with Crippen LogP contribution in [0, 0.1) is 0 Å². The summed E-state index contributed by atoms with van der Waals surface area (Å²) in [5.74, 6) is -1.07. The first kappa shape index (κ1) is 18.9. The molecule has 2 rings (SSSR count). The topological polar surface area (TPSA) is 97.8 Å². The lowest BCUT2D eigenvalue weighted by Crippen LogP contribution is -2.56. The van der Waals surface area contributed by atoms with Gasteiger partial charge in [-0.1, -0.05) is 6.07 Å². The van der Waals surface area contributed by atoms with Crippen LogP contribution in [0.25, 0.3) is 0 Å². The summed E-state index contributed by atoms with van der Waals surface area (Å²) in [5, 5.41) is 2.50. The van der Waals surface area contributed by atoms with E-state index in [-0.39, 0.29) is 32.1 Å². The Morgan fingerprint density at radius 3 is 2.96 bits per heavy atom. The minimum Gasteiger partial charge on any atom is -0.465 e. The second kappa shape index (κ2) is 9.73. The van der Waals surface area contributed by atoms with Gasteiger partial charge < -0.3 is 19.7 Å². The summed E-state index contributed by atoms with van der Waals surface area (Å²) in [4.78, 5) is 41.8. The smallest absolute Gasteiger partial charge is 0.325 e. The highest BCUT2D eigenvalue weighted by molar-refractivity contribution is 5.90. The van der Waals surface area contributed by atoms with Gasteiger partial charge in [-0.15, -0.1) is 0 Å². The molecule has 0 aliphatic carbocycles. The van der Waals surface area contributed by atoms with E-state index in [9.17, 15) is 14.4 Å². The molecule has 0 radical (unpaired) electrons. The second-order valence-corrected chi connectivity index (χ2v) is 5.52. The van der Waals surface area contributed by atoms with Crippen molar-refractivity contribution in [3.8, 4) is 0 Å². The van der Waals surface area contributed by atoms with Crippen LogP contribution in [0.4, 0.5) is 0 Å². The molecule has 2 heterocycles. The lowest BCUT2D eigenvalue weighted by molar-refractivity contribution is -0.150. The maximum absolute atomic E-state index is 12.5. The van der Waals surface area contributed by atoms with E-state index in [1.54, 1.807) is 13.1 Å². The van der Waals surface area contributed by atoms with Crippen LogP contribution < -0.4 is 5.32 Å². The van der Waals surface area contributed by atoms with Crippen molar-refractivity contribution in [3.05, 3.63) is 30.1 Å². The summed E-state index contributed by atoms with van der Waals surface area (Å²) in [5.41, 5.74) is 0.826. The number of morpholine rings is 1. The summed E-state index contributed by atoms with van der Waals surface area (Å²) < 4.78 is 10.1. The van der Waals surface area contributed by atoms with E-state index in [4.69, 9.17) is 9.47 Å². The van der Waals surface area contributed by atoms with Gasteiger partial charge in [-0.2, -0.15) is 0 Å². The first-order valence-corrected chi connectivity index (χ1v) is 8.32. The van der Waals surface area contributed by atoms with Crippen LogP contribution in [0.15, 0.2) is 24.4 Å². The molecule has 1 saturated heterocycles. The van der Waals surface area contributed by atoms with Gasteiger partial charge in [0, 0.05) is 24.9 Å². The summed E-state index contributed by atoms with van der Waals surface area (Å²) >= 11 is 0. The number of carbonyl (C=O) groups is 3. The van der Waals surface area contributed by atoms with Crippen molar-refractivity contribution in [2.75, 3.05) is 32.9 Å². The maximum atomic E-state index is 12.5. The van der Waals surface area contributed by atoms with Crippen molar-refractivity contribution in [2.45, 2.75) is 25.8 Å². The Hall–Kier alpha value is -2.48. The highest BCUT2D eigenvalue weighted by Gasteiger charge is 2.32. The van der Waals surface area contributed by atoms with Crippen LogP contribution in [0.2, 0.25) is 0 Å². The molecule has 0 aromatic carbocycles. The van der Waals surface area contributed by atoms with Gasteiger partial charge in [0.15, 0.2) is 0 Å². The summed E-state index contributed by atoms with van der Waals surface area (Å²) in [7, 11) is 0. The molecule has 0 unspecified atom stereocenters. The molecule has 1 N–H and O–H groups in total. The Bertz CT molecular complexity index is 593. The Labute approximate surface area is 146 Å². The fraction of sp³-hybridized carbons (Fsp3) is 0.529. The van der Waals surface area contributed by atoms with E-state index < -0.39 is 17.9 Å². The molecular weight excluding hydrogens is 326 g/mol. The van der Waals surface area contributed by atoms with Gasteiger partial charge in [0.25, 0.3) is 0 Å². The Kier molecular flexibility index (Phi) is 7.34. The number of amides is 2. The first-order valence-electron chi connectivity index (χ1n) is 8.32. The number of hydrogen-bond acceptors (Lipinski definition) is 6. The molecule has 1 atom stereocenters. The van der Waals surface area contributed by atoms with Crippen LogP contribution in [-0.4, -0.2) is 66.6 Å². The molecule has 1 fully saturated rings. The van der Waals surface area contributed by atoms with E-state index in [0.717, 1.165) is 5.69 Å². The highest BCUT2D eigenvalue weighted by Crippen LogP contribution is 2.11. The molecule has 2 amide bonds. The number of pyridine rings is 1. The molecule has 0 bridgehead atoms. The Morgan fingerprint density at radius 1 is 1.40 bits per heavy atom. The molecule has 0 spiro atoms. The quantitative estimate of drug-likeness (QED) is 0.692. The number of aromatic nitrogens is 1. The molecule has 1 aromatic rings. The fourth-order valence-electron chi connectivity index (χ4n) is 2.53. The molecule has 1 aliphatic rings. The molecule has 0 saturated carbocycles. The molecule has 25 heavy (non-hydrogen) atoms. The van der Waals surface area contributed by atoms with E-state index in [2.05, 4.69) is 10.3 Å². The van der Waals surface area contributed by atoms with Crippen molar-refractivity contribution in [2.24, 2.45) is 0 Å². The zero-order valence-corrected chi connectivity index (χ0v) is 14.3. The number of aryl methyl sites for hydroxylation is 1. The van der Waals surface area contributed by atoms with Crippen LogP contribution in [0.3, 0.4) is 0 Å². The normalized spacial score (nSPS) is 17.0. The highest BCUT2D eigenvalue weighted by atomic mass is 16.5. The van der Waals surface area contributed by atoms with Crippen LogP contribution in [0.5, 0.6) is 0 Å². The third-order valence-electron chi connectivity index (χ3n) is 3.78. The van der Waals surface area contributed by atoms with Crippen molar-refractivity contribution in [3.63, 3.8) is 0 Å². The van der Waals surface area contributed by atoms with Gasteiger partial charge in [-0.3, -0.25) is 19.4 Å². The number of hydrogen-bond donors (Lipinski definition) is 1. The molecular formula is C17H23N3O5. The molecule has 8 heteroatoms. The van der Waals surface area contributed by atoms with Crippen molar-refractivity contribution < 1.29 is 23.9 Å². The molecule has 1 aromatic heterocycles. The molecule has 136 valence electrons. The Morgan fingerprint density at radius 2 is 2.24 bits per heavy atom. The predicted octanol–water partition coefficient (Wildman–Crippen LogP) is -0.0791. The fourth-order valence-corrected chi connectivity index (χ4v) is 2.53. The van der Waals surface area contributed by atoms with Crippen molar-refractivity contribution in [1.82, 2.24) is 15.2 Å². The third kappa shape index (κ3) is 5.82. The number of esters is 1. The van der Waals surface area contributed by atoms with E-state index in [1.165, 1.54) is 4.90 Å². The van der Waals surface area contributed by atoms with Gasteiger partial charge in [-0.05, 0) is 25.5 Å². The van der Waals surface area contributed by atoms with Crippen LogP contribution in [0.1, 0.15) is 19.0 Å². The van der Waals surface area contributed by atoms with Gasteiger partial charge in [0.2, 0.25) is 11.8 Å². The third-order valence-corrected chi connectivity index (χ3v) is 3.78. The van der Waals surface area contributed by atoms with E-state index >= 15 is 0 Å². The summed E-state index contributed by atoms with van der Waals surface area (Å²) in [6.07, 6.45) is 2.45. The van der Waals surface area contributed by atoms with Gasteiger partial charge in [0.05, 0.1) is 19.8 Å². The molecule has 8 nitrogen and oxygen atoms in total. The minimum atomic E-state index is -0.737. The Balaban J connectivity index is 1.88. The number of ether oxygens (including phenoxy) is 2. The molecule has 1 aliphatic heterocycles. The van der Waals surface area contributed by atoms with Crippen LogP contribution >= 0.6 is 0 Å². The standard InChI is InChI=1S/C17H23N3O5/c1-2-25-16(22)11-19-17(23)14-12-24-10-9-20(14)15(21)7-6-13-5-3-4-8-18-13/h3-5,8,14H,2,6-7,9-12H2,1H3,(H,19,23)/t14-/m1/s1. The van der Waals surface area contributed by atoms with Crippen molar-refractivity contribution in [1.29, 1.82) is 0 Å². The van der Waals surface area contributed by atoms with E-state index in [0.29, 0.717) is 19.6 Å². The van der Waals surface area contributed by atoms with Crippen LogP contribution in [-0.2, 0) is 30.3 Å². The summed E-state index contributed by atoms with van der Waals surface area (Å²) in [6.45, 7) is 2.56. The van der Waals surface area contributed by atoms with Gasteiger partial charge >= 0.3 is 5.97 Å². The first-order chi connectivity index (χ1) is 12.1. The zero-order valence-electron chi connectivity index (χ0n) is 14.3. The summed E-state index contributed by atoms with van der Waals surface area (Å²) in [6, 6.07) is 4.81. The monoisotopic (exact) mass is 349 g/mol. The minimum absolute atomic E-state index is 0.115. The van der Waals surface area contributed by atoms with Gasteiger partial charge in [-0.25, -0.2) is 0 Å². The number of rotatable bonds is 7. The van der Waals surface area contributed by atoms with E-state index in [1.807, 2.05) is 18.2 Å². The van der Waals surface area contributed by atoms with Gasteiger partial charge in [0.1, 0.15) is 12.6 Å². The number of carbonyl (C=O) groups excluding carboxylic acids is 3. The SMILES string of the molecule is CCOC(=O)CNC(=O)[C@H]1COCCN1C(=O)CCc1ccccn1. The lowest BCUT2D eigenvalue weighted by atomic mass is 10.1.